The van der Waals surface area contributed by atoms with Crippen molar-refractivity contribution in [1.29, 1.82) is 0 Å². The first-order valence-electron chi connectivity index (χ1n) is 6.11. The van der Waals surface area contributed by atoms with Crippen LogP contribution in [0.2, 0.25) is 0 Å². The molecule has 0 unspecified atom stereocenters. The summed E-state index contributed by atoms with van der Waals surface area (Å²) in [7, 11) is 0. The van der Waals surface area contributed by atoms with E-state index in [-0.39, 0.29) is 0 Å². The van der Waals surface area contributed by atoms with Gasteiger partial charge in [-0.3, -0.25) is 4.90 Å². The quantitative estimate of drug-likeness (QED) is 0.784. The van der Waals surface area contributed by atoms with E-state index in [0.717, 1.165) is 10.9 Å². The van der Waals surface area contributed by atoms with Gasteiger partial charge in [-0.1, -0.05) is 0 Å². The minimum absolute atomic E-state index is 0.918. The zero-order valence-corrected chi connectivity index (χ0v) is 10.4. The number of hydrogen-bond donors (Lipinski definition) is 1. The van der Waals surface area contributed by atoms with Crippen molar-refractivity contribution in [3.8, 4) is 0 Å². The molecule has 0 bridgehead atoms. The zero-order chi connectivity index (χ0) is 11.0. The van der Waals surface area contributed by atoms with Gasteiger partial charge < -0.3 is 4.90 Å². The highest BCUT2D eigenvalue weighted by Gasteiger charge is 2.31. The van der Waals surface area contributed by atoms with E-state index in [0.29, 0.717) is 0 Å². The molecular formula is C13H18N2S. The Hall–Kier alpha value is -0.670. The van der Waals surface area contributed by atoms with E-state index in [1.807, 2.05) is 0 Å². The van der Waals surface area contributed by atoms with Crippen molar-refractivity contribution in [1.82, 2.24) is 4.90 Å². The predicted molar refractivity (Wildman–Crippen MR) is 70.5 cm³/mol. The molecule has 1 aliphatic heterocycles. The zero-order valence-electron chi connectivity index (χ0n) is 9.47. The molecule has 2 nitrogen and oxygen atoms in total. The number of piperazine rings is 1. The van der Waals surface area contributed by atoms with Crippen LogP contribution in [-0.2, 0) is 0 Å². The van der Waals surface area contributed by atoms with Crippen LogP contribution in [-0.4, -0.2) is 37.1 Å². The number of benzene rings is 1. The van der Waals surface area contributed by atoms with Crippen molar-refractivity contribution in [3.63, 3.8) is 0 Å². The Morgan fingerprint density at radius 2 is 1.56 bits per heavy atom. The lowest BCUT2D eigenvalue weighted by atomic mass is 10.2. The van der Waals surface area contributed by atoms with Crippen LogP contribution in [0.25, 0.3) is 0 Å². The fourth-order valence-electron chi connectivity index (χ4n) is 2.45. The molecular weight excluding hydrogens is 216 g/mol. The summed E-state index contributed by atoms with van der Waals surface area (Å²) >= 11 is 4.32. The maximum atomic E-state index is 4.32. The molecule has 0 radical (unpaired) electrons. The SMILES string of the molecule is Sc1ccc(N2CCN(C3CC3)CC2)cc1. The molecule has 2 fully saturated rings. The molecule has 3 heteroatoms. The Labute approximate surface area is 103 Å². The van der Waals surface area contributed by atoms with Gasteiger partial charge in [-0.2, -0.15) is 0 Å². The number of nitrogens with zero attached hydrogens (tertiary/aromatic N) is 2. The molecule has 1 saturated carbocycles. The molecule has 1 aliphatic carbocycles. The Balaban J connectivity index is 1.62. The maximum Gasteiger partial charge on any atom is 0.0367 e. The third-order valence-electron chi connectivity index (χ3n) is 3.59. The maximum absolute atomic E-state index is 4.32. The molecule has 0 N–H and O–H groups in total. The fourth-order valence-corrected chi connectivity index (χ4v) is 2.60. The van der Waals surface area contributed by atoms with Gasteiger partial charge in [-0.15, -0.1) is 12.6 Å². The smallest absolute Gasteiger partial charge is 0.0367 e. The largest absolute Gasteiger partial charge is 0.369 e. The van der Waals surface area contributed by atoms with E-state index >= 15 is 0 Å². The first kappa shape index (κ1) is 10.5. The van der Waals surface area contributed by atoms with Gasteiger partial charge in [0.05, 0.1) is 0 Å². The van der Waals surface area contributed by atoms with E-state index in [1.54, 1.807) is 0 Å². The molecule has 3 rings (SSSR count). The molecule has 0 amide bonds. The Bertz CT molecular complexity index is 351. The van der Waals surface area contributed by atoms with Crippen molar-refractivity contribution < 1.29 is 0 Å². The van der Waals surface area contributed by atoms with Gasteiger partial charge in [0.1, 0.15) is 0 Å². The Kier molecular flexibility index (Phi) is 2.82. The molecule has 1 saturated heterocycles. The Morgan fingerprint density at radius 1 is 0.938 bits per heavy atom. The van der Waals surface area contributed by atoms with Gasteiger partial charge in [0, 0.05) is 42.8 Å². The minimum Gasteiger partial charge on any atom is -0.369 e. The summed E-state index contributed by atoms with van der Waals surface area (Å²) in [6.07, 6.45) is 2.85. The van der Waals surface area contributed by atoms with Crippen molar-refractivity contribution >= 4 is 18.3 Å². The van der Waals surface area contributed by atoms with Gasteiger partial charge in [0.2, 0.25) is 0 Å². The van der Waals surface area contributed by atoms with Crippen molar-refractivity contribution in [2.24, 2.45) is 0 Å². The van der Waals surface area contributed by atoms with Crippen molar-refractivity contribution in [2.45, 2.75) is 23.8 Å². The van der Waals surface area contributed by atoms with E-state index < -0.39 is 0 Å². The third-order valence-corrected chi connectivity index (χ3v) is 3.89. The van der Waals surface area contributed by atoms with Crippen LogP contribution in [0.3, 0.4) is 0 Å². The van der Waals surface area contributed by atoms with Crippen LogP contribution in [0.4, 0.5) is 5.69 Å². The van der Waals surface area contributed by atoms with Crippen LogP contribution < -0.4 is 4.90 Å². The van der Waals surface area contributed by atoms with Crippen LogP contribution in [0.1, 0.15) is 12.8 Å². The lowest BCUT2D eigenvalue weighted by molar-refractivity contribution is 0.248. The van der Waals surface area contributed by atoms with Crippen LogP contribution in [0, 0.1) is 0 Å². The summed E-state index contributed by atoms with van der Waals surface area (Å²) in [5, 5.41) is 0. The average Bonchev–Trinajstić information content (AvgIpc) is 3.14. The fraction of sp³-hybridized carbons (Fsp3) is 0.538. The number of rotatable bonds is 2. The lowest BCUT2D eigenvalue weighted by Crippen LogP contribution is -2.47. The predicted octanol–water partition coefficient (Wildman–Crippen LogP) is 2.26. The summed E-state index contributed by atoms with van der Waals surface area (Å²) in [6, 6.07) is 9.42. The minimum atomic E-state index is 0.918. The molecule has 1 aromatic rings. The highest BCUT2D eigenvalue weighted by molar-refractivity contribution is 7.80. The number of hydrogen-bond acceptors (Lipinski definition) is 3. The second kappa shape index (κ2) is 4.30. The first-order chi connectivity index (χ1) is 7.83. The summed E-state index contributed by atoms with van der Waals surface area (Å²) < 4.78 is 0. The third kappa shape index (κ3) is 2.20. The molecule has 1 heterocycles. The second-order valence-electron chi connectivity index (χ2n) is 4.77. The summed E-state index contributed by atoms with van der Waals surface area (Å²) in [5.41, 5.74) is 1.34. The average molecular weight is 234 g/mol. The van der Waals surface area contributed by atoms with Crippen molar-refractivity contribution in [3.05, 3.63) is 24.3 Å². The second-order valence-corrected chi connectivity index (χ2v) is 5.29. The standard InChI is InChI=1S/C13H18N2S/c16-13-5-3-12(4-6-13)15-9-7-14(8-10-15)11-1-2-11/h3-6,11,16H,1-2,7-10H2. The molecule has 1 aromatic carbocycles. The molecule has 0 atom stereocenters. The molecule has 0 aromatic heterocycles. The monoisotopic (exact) mass is 234 g/mol. The summed E-state index contributed by atoms with van der Waals surface area (Å²) in [6.45, 7) is 4.80. The van der Waals surface area contributed by atoms with Gasteiger partial charge in [-0.05, 0) is 37.1 Å². The number of anilines is 1. The lowest BCUT2D eigenvalue weighted by Gasteiger charge is -2.36. The van der Waals surface area contributed by atoms with Gasteiger partial charge in [-0.25, -0.2) is 0 Å². The van der Waals surface area contributed by atoms with Crippen LogP contribution >= 0.6 is 12.6 Å². The van der Waals surface area contributed by atoms with E-state index in [2.05, 4.69) is 46.7 Å². The van der Waals surface area contributed by atoms with Gasteiger partial charge in [0.25, 0.3) is 0 Å². The number of thiol groups is 1. The van der Waals surface area contributed by atoms with Gasteiger partial charge in [0.15, 0.2) is 0 Å². The first-order valence-corrected chi connectivity index (χ1v) is 6.56. The van der Waals surface area contributed by atoms with Crippen molar-refractivity contribution in [2.75, 3.05) is 31.1 Å². The van der Waals surface area contributed by atoms with Crippen LogP contribution in [0.5, 0.6) is 0 Å². The summed E-state index contributed by atoms with van der Waals surface area (Å²) in [5.74, 6) is 0. The molecule has 0 spiro atoms. The molecule has 16 heavy (non-hydrogen) atoms. The molecule has 2 aliphatic rings. The summed E-state index contributed by atoms with van der Waals surface area (Å²) in [4.78, 5) is 6.16. The van der Waals surface area contributed by atoms with Gasteiger partial charge >= 0.3 is 0 Å². The highest BCUT2D eigenvalue weighted by Crippen LogP contribution is 2.28. The van der Waals surface area contributed by atoms with E-state index in [1.165, 1.54) is 44.7 Å². The highest BCUT2D eigenvalue weighted by atomic mass is 32.1. The molecule has 86 valence electrons. The van der Waals surface area contributed by atoms with Crippen LogP contribution in [0.15, 0.2) is 29.2 Å². The Morgan fingerprint density at radius 3 is 2.12 bits per heavy atom. The van der Waals surface area contributed by atoms with E-state index in [4.69, 9.17) is 0 Å². The topological polar surface area (TPSA) is 6.48 Å². The normalized spacial score (nSPS) is 22.4. The van der Waals surface area contributed by atoms with E-state index in [9.17, 15) is 0 Å².